The number of likely N-dealkylation sites (tertiary alicyclic amines) is 1. The second kappa shape index (κ2) is 7.27. The van der Waals surface area contributed by atoms with Crippen molar-refractivity contribution < 1.29 is 14.3 Å². The second-order valence-electron chi connectivity index (χ2n) is 6.83. The van der Waals surface area contributed by atoms with Gasteiger partial charge < -0.3 is 9.64 Å². The molecule has 0 atom stereocenters. The normalized spacial score (nSPS) is 18.6. The second-order valence-corrected chi connectivity index (χ2v) is 6.83. The Morgan fingerprint density at radius 2 is 1.63 bits per heavy atom. The smallest absolute Gasteiger partial charge is 0.267 e. The van der Waals surface area contributed by atoms with Crippen LogP contribution in [0.15, 0.2) is 54.7 Å². The molecule has 1 fully saturated rings. The summed E-state index contributed by atoms with van der Waals surface area (Å²) in [6.45, 7) is 1.86. The minimum absolute atomic E-state index is 0.283. The summed E-state index contributed by atoms with van der Waals surface area (Å²) in [5.74, 6) is -0.00730. The van der Waals surface area contributed by atoms with E-state index in [9.17, 15) is 9.59 Å². The molecule has 2 heterocycles. The molecular weight excluding hydrogens is 340 g/mol. The summed E-state index contributed by atoms with van der Waals surface area (Å²) in [6, 6.07) is 14.4. The Morgan fingerprint density at radius 3 is 2.33 bits per heavy atom. The standard InChI is InChI=1S/C22H22N2O3/c1-27-17-10-11-18-19(14-17)21(25)24(16-8-4-2-5-9-16)22(26)20(18)15-23-12-6-3-7-13-23/h2,4-5,8-11,14-15H,3,6-7,12-13H2,1H3/b20-15-. The van der Waals surface area contributed by atoms with E-state index in [1.54, 1.807) is 31.4 Å². The largest absolute Gasteiger partial charge is 0.497 e. The van der Waals surface area contributed by atoms with Crippen LogP contribution in [0.5, 0.6) is 5.75 Å². The van der Waals surface area contributed by atoms with Crippen LogP contribution in [0, 0.1) is 0 Å². The molecule has 0 spiro atoms. The molecule has 2 aliphatic heterocycles. The number of hydrogen-bond acceptors (Lipinski definition) is 4. The molecule has 4 rings (SSSR count). The van der Waals surface area contributed by atoms with E-state index in [4.69, 9.17) is 4.74 Å². The van der Waals surface area contributed by atoms with E-state index in [2.05, 4.69) is 4.90 Å². The summed E-state index contributed by atoms with van der Waals surface area (Å²) in [5.41, 5.74) is 2.29. The van der Waals surface area contributed by atoms with E-state index in [1.165, 1.54) is 11.3 Å². The number of fused-ring (bicyclic) bond motifs is 1. The van der Waals surface area contributed by atoms with Crippen LogP contribution in [0.25, 0.3) is 5.57 Å². The van der Waals surface area contributed by atoms with Crippen molar-refractivity contribution >= 4 is 23.1 Å². The zero-order chi connectivity index (χ0) is 18.8. The van der Waals surface area contributed by atoms with Gasteiger partial charge in [0.15, 0.2) is 0 Å². The number of piperidine rings is 1. The van der Waals surface area contributed by atoms with Crippen molar-refractivity contribution in [2.24, 2.45) is 0 Å². The average molecular weight is 362 g/mol. The Balaban J connectivity index is 1.84. The monoisotopic (exact) mass is 362 g/mol. The molecule has 138 valence electrons. The number of anilines is 1. The summed E-state index contributed by atoms with van der Waals surface area (Å²) >= 11 is 0. The van der Waals surface area contributed by atoms with Gasteiger partial charge in [-0.1, -0.05) is 18.2 Å². The number of rotatable bonds is 3. The summed E-state index contributed by atoms with van der Waals surface area (Å²) in [7, 11) is 1.57. The first-order valence-corrected chi connectivity index (χ1v) is 9.27. The first-order chi connectivity index (χ1) is 13.2. The lowest BCUT2D eigenvalue weighted by Crippen LogP contribution is -2.42. The topological polar surface area (TPSA) is 49.9 Å². The van der Waals surface area contributed by atoms with E-state index >= 15 is 0 Å². The van der Waals surface area contributed by atoms with Crippen LogP contribution in [0.2, 0.25) is 0 Å². The van der Waals surface area contributed by atoms with Gasteiger partial charge >= 0.3 is 0 Å². The fraction of sp³-hybridized carbons (Fsp3) is 0.273. The van der Waals surface area contributed by atoms with Gasteiger partial charge in [-0.3, -0.25) is 9.59 Å². The molecule has 2 aliphatic rings. The number of benzene rings is 2. The number of carbonyl (C=O) groups is 2. The fourth-order valence-electron chi connectivity index (χ4n) is 3.68. The zero-order valence-electron chi connectivity index (χ0n) is 15.4. The molecule has 0 saturated carbocycles. The van der Waals surface area contributed by atoms with Gasteiger partial charge in [0.25, 0.3) is 11.8 Å². The maximum absolute atomic E-state index is 13.3. The highest BCUT2D eigenvalue weighted by atomic mass is 16.5. The van der Waals surface area contributed by atoms with Crippen LogP contribution in [0.1, 0.15) is 35.2 Å². The van der Waals surface area contributed by atoms with Crippen LogP contribution in [-0.2, 0) is 4.79 Å². The van der Waals surface area contributed by atoms with Gasteiger partial charge in [0.1, 0.15) is 5.75 Å². The van der Waals surface area contributed by atoms with E-state index in [-0.39, 0.29) is 11.8 Å². The highest BCUT2D eigenvalue weighted by Gasteiger charge is 2.36. The molecule has 27 heavy (non-hydrogen) atoms. The summed E-state index contributed by atoms with van der Waals surface area (Å²) in [4.78, 5) is 29.9. The summed E-state index contributed by atoms with van der Waals surface area (Å²) in [6.07, 6.45) is 5.38. The van der Waals surface area contributed by atoms with Gasteiger partial charge in [-0.05, 0) is 49.6 Å². The fourth-order valence-corrected chi connectivity index (χ4v) is 3.68. The Hall–Kier alpha value is -3.08. The van der Waals surface area contributed by atoms with Crippen molar-refractivity contribution in [3.8, 4) is 5.75 Å². The van der Waals surface area contributed by atoms with Gasteiger partial charge in [-0.2, -0.15) is 0 Å². The number of para-hydroxylation sites is 1. The van der Waals surface area contributed by atoms with Crippen molar-refractivity contribution in [3.63, 3.8) is 0 Å². The van der Waals surface area contributed by atoms with Crippen molar-refractivity contribution in [2.75, 3.05) is 25.1 Å². The van der Waals surface area contributed by atoms with Gasteiger partial charge in [0.05, 0.1) is 23.9 Å². The molecular formula is C22H22N2O3. The Kier molecular flexibility index (Phi) is 4.67. The number of ether oxygens (including phenoxy) is 1. The molecule has 0 N–H and O–H groups in total. The molecule has 2 amide bonds. The molecule has 0 aromatic heterocycles. The van der Waals surface area contributed by atoms with Gasteiger partial charge in [0.2, 0.25) is 0 Å². The molecule has 0 unspecified atom stereocenters. The number of carbonyl (C=O) groups excluding carboxylic acids is 2. The zero-order valence-corrected chi connectivity index (χ0v) is 15.4. The molecule has 0 radical (unpaired) electrons. The third kappa shape index (κ3) is 3.21. The van der Waals surface area contributed by atoms with Crippen LogP contribution >= 0.6 is 0 Å². The van der Waals surface area contributed by atoms with E-state index < -0.39 is 0 Å². The van der Waals surface area contributed by atoms with E-state index in [0.717, 1.165) is 25.9 Å². The van der Waals surface area contributed by atoms with Gasteiger partial charge in [-0.15, -0.1) is 0 Å². The highest BCUT2D eigenvalue weighted by molar-refractivity contribution is 6.41. The predicted molar refractivity (Wildman–Crippen MR) is 105 cm³/mol. The molecule has 1 saturated heterocycles. The lowest BCUT2D eigenvalue weighted by Gasteiger charge is -2.31. The average Bonchev–Trinajstić information content (AvgIpc) is 2.72. The number of amides is 2. The number of methoxy groups -OCH3 is 1. The van der Waals surface area contributed by atoms with Crippen LogP contribution in [-0.4, -0.2) is 36.9 Å². The quantitative estimate of drug-likeness (QED) is 0.617. The van der Waals surface area contributed by atoms with Crippen LogP contribution in [0.4, 0.5) is 5.69 Å². The number of hydrogen-bond donors (Lipinski definition) is 0. The van der Waals surface area contributed by atoms with Crippen molar-refractivity contribution in [1.82, 2.24) is 4.90 Å². The highest BCUT2D eigenvalue weighted by Crippen LogP contribution is 2.34. The van der Waals surface area contributed by atoms with Crippen molar-refractivity contribution in [1.29, 1.82) is 0 Å². The van der Waals surface area contributed by atoms with E-state index in [1.807, 2.05) is 30.5 Å². The third-order valence-electron chi connectivity index (χ3n) is 5.10. The van der Waals surface area contributed by atoms with Crippen molar-refractivity contribution in [2.45, 2.75) is 19.3 Å². The lowest BCUT2D eigenvalue weighted by atomic mass is 9.93. The van der Waals surface area contributed by atoms with Crippen LogP contribution < -0.4 is 9.64 Å². The molecule has 5 nitrogen and oxygen atoms in total. The Morgan fingerprint density at radius 1 is 0.889 bits per heavy atom. The first-order valence-electron chi connectivity index (χ1n) is 9.27. The molecule has 5 heteroatoms. The Labute approximate surface area is 158 Å². The van der Waals surface area contributed by atoms with Gasteiger partial charge in [0, 0.05) is 24.9 Å². The number of imide groups is 1. The van der Waals surface area contributed by atoms with E-state index in [0.29, 0.717) is 28.1 Å². The molecule has 2 aromatic rings. The predicted octanol–water partition coefficient (Wildman–Crippen LogP) is 3.71. The maximum Gasteiger partial charge on any atom is 0.267 e. The summed E-state index contributed by atoms with van der Waals surface area (Å²) in [5, 5.41) is 0. The SMILES string of the molecule is COc1ccc2c(c1)C(=O)N(c1ccccc1)C(=O)/C2=C\N1CCCCC1. The Bertz CT molecular complexity index is 899. The van der Waals surface area contributed by atoms with Crippen LogP contribution in [0.3, 0.4) is 0 Å². The molecule has 0 aliphatic carbocycles. The minimum atomic E-state index is -0.323. The minimum Gasteiger partial charge on any atom is -0.497 e. The maximum atomic E-state index is 13.3. The number of nitrogens with zero attached hydrogens (tertiary/aromatic N) is 2. The lowest BCUT2D eigenvalue weighted by molar-refractivity contribution is -0.112. The molecule has 2 aromatic carbocycles. The third-order valence-corrected chi connectivity index (χ3v) is 5.10. The van der Waals surface area contributed by atoms with Crippen molar-refractivity contribution in [3.05, 3.63) is 65.9 Å². The summed E-state index contributed by atoms with van der Waals surface area (Å²) < 4.78 is 5.30. The van der Waals surface area contributed by atoms with Gasteiger partial charge in [-0.25, -0.2) is 4.90 Å². The first kappa shape index (κ1) is 17.3. The molecule has 0 bridgehead atoms.